The second kappa shape index (κ2) is 9.05. The maximum Gasteiger partial charge on any atom is 0.265 e. The third-order valence-electron chi connectivity index (χ3n) is 5.77. The Balaban J connectivity index is 1.36. The van der Waals surface area contributed by atoms with E-state index in [0.29, 0.717) is 33.1 Å². The predicted octanol–water partition coefficient (Wildman–Crippen LogP) is 3.99. The fourth-order valence-corrected chi connectivity index (χ4v) is 4.69. The summed E-state index contributed by atoms with van der Waals surface area (Å²) in [5.41, 5.74) is 2.94. The first-order chi connectivity index (χ1) is 16.0. The van der Waals surface area contributed by atoms with E-state index in [1.54, 1.807) is 18.2 Å². The lowest BCUT2D eigenvalue weighted by Gasteiger charge is -2.35. The van der Waals surface area contributed by atoms with E-state index < -0.39 is 0 Å². The van der Waals surface area contributed by atoms with Gasteiger partial charge in [0.15, 0.2) is 0 Å². The summed E-state index contributed by atoms with van der Waals surface area (Å²) in [6.45, 7) is 4.25. The van der Waals surface area contributed by atoms with E-state index in [4.69, 9.17) is 23.2 Å². The molecule has 33 heavy (non-hydrogen) atoms. The van der Waals surface area contributed by atoms with E-state index in [1.807, 2.05) is 24.1 Å². The van der Waals surface area contributed by atoms with Crippen molar-refractivity contribution < 1.29 is 4.79 Å². The quantitative estimate of drug-likeness (QED) is 0.580. The summed E-state index contributed by atoms with van der Waals surface area (Å²) in [6, 6.07) is 13.4. The lowest BCUT2D eigenvalue weighted by Crippen LogP contribution is -2.46. The molecule has 10 heteroatoms. The number of aromatic nitrogens is 2. The third-order valence-corrected chi connectivity index (χ3v) is 6.38. The van der Waals surface area contributed by atoms with E-state index in [-0.39, 0.29) is 12.6 Å². The fourth-order valence-electron chi connectivity index (χ4n) is 4.09. The highest BCUT2D eigenvalue weighted by atomic mass is 35.5. The van der Waals surface area contributed by atoms with Crippen LogP contribution in [0, 0.1) is 0 Å². The Morgan fingerprint density at radius 3 is 2.42 bits per heavy atom. The average Bonchev–Trinajstić information content (AvgIpc) is 2.83. The molecule has 0 radical (unpaired) electrons. The molecule has 2 aliphatic heterocycles. The summed E-state index contributed by atoms with van der Waals surface area (Å²) < 4.78 is 0. The highest BCUT2D eigenvalue weighted by Crippen LogP contribution is 2.37. The van der Waals surface area contributed by atoms with Crippen LogP contribution in [0.25, 0.3) is 0 Å². The van der Waals surface area contributed by atoms with E-state index in [2.05, 4.69) is 37.6 Å². The topological polar surface area (TPSA) is 76.6 Å². The van der Waals surface area contributed by atoms with Gasteiger partial charge in [0, 0.05) is 50.8 Å². The van der Waals surface area contributed by atoms with Crippen LogP contribution in [0.2, 0.25) is 10.0 Å². The Morgan fingerprint density at radius 1 is 1.03 bits per heavy atom. The monoisotopic (exact) mass is 483 g/mol. The number of nitrogens with one attached hydrogen (secondary N) is 2. The normalized spacial score (nSPS) is 16.1. The van der Waals surface area contributed by atoms with Crippen molar-refractivity contribution in [3.05, 3.63) is 64.3 Å². The van der Waals surface area contributed by atoms with E-state index >= 15 is 0 Å². The van der Waals surface area contributed by atoms with Crippen molar-refractivity contribution >= 4 is 57.9 Å². The molecule has 0 spiro atoms. The minimum atomic E-state index is -0.245. The molecule has 1 fully saturated rings. The first-order valence-corrected chi connectivity index (χ1v) is 11.4. The van der Waals surface area contributed by atoms with Crippen LogP contribution in [-0.4, -0.2) is 55.8 Å². The number of fused-ring (bicyclic) bond motifs is 1. The molecule has 2 aliphatic rings. The number of nitrogens with zero attached hydrogens (tertiary/aromatic N) is 5. The molecule has 1 aromatic heterocycles. The highest BCUT2D eigenvalue weighted by molar-refractivity contribution is 6.40. The maximum absolute atomic E-state index is 13.2. The molecule has 0 bridgehead atoms. The molecular weight excluding hydrogens is 461 g/mol. The maximum atomic E-state index is 13.2. The molecule has 3 aromatic rings. The molecule has 2 aromatic carbocycles. The van der Waals surface area contributed by atoms with Crippen LogP contribution in [-0.2, 0) is 0 Å². The summed E-state index contributed by atoms with van der Waals surface area (Å²) in [6.07, 6.45) is 1.54. The van der Waals surface area contributed by atoms with Gasteiger partial charge in [-0.25, -0.2) is 4.98 Å². The Kier molecular flexibility index (Phi) is 5.97. The zero-order valence-corrected chi connectivity index (χ0v) is 19.6. The van der Waals surface area contributed by atoms with Crippen molar-refractivity contribution in [2.45, 2.75) is 0 Å². The number of halogens is 2. The molecule has 3 heterocycles. The first-order valence-electron chi connectivity index (χ1n) is 10.7. The van der Waals surface area contributed by atoms with Crippen molar-refractivity contribution in [1.29, 1.82) is 0 Å². The number of benzene rings is 2. The first kappa shape index (κ1) is 21.8. The van der Waals surface area contributed by atoms with Gasteiger partial charge < -0.3 is 20.4 Å². The predicted molar refractivity (Wildman–Crippen MR) is 133 cm³/mol. The molecule has 170 valence electrons. The molecule has 2 N–H and O–H groups in total. The largest absolute Gasteiger partial charge is 0.369 e. The minimum absolute atomic E-state index is 0.245. The van der Waals surface area contributed by atoms with Crippen LogP contribution in [0.15, 0.2) is 48.7 Å². The van der Waals surface area contributed by atoms with Crippen molar-refractivity contribution in [3.8, 4) is 0 Å². The smallest absolute Gasteiger partial charge is 0.265 e. The van der Waals surface area contributed by atoms with Gasteiger partial charge in [0.2, 0.25) is 5.95 Å². The van der Waals surface area contributed by atoms with Gasteiger partial charge in [-0.1, -0.05) is 29.3 Å². The third kappa shape index (κ3) is 4.29. The number of anilines is 5. The Labute approximate surface area is 202 Å². The lowest BCUT2D eigenvalue weighted by molar-refractivity contribution is 0.0982. The minimum Gasteiger partial charge on any atom is -0.369 e. The van der Waals surface area contributed by atoms with Crippen LogP contribution in [0.1, 0.15) is 10.4 Å². The molecule has 0 unspecified atom stereocenters. The van der Waals surface area contributed by atoms with Crippen LogP contribution in [0.5, 0.6) is 0 Å². The number of hydrogen-bond donors (Lipinski definition) is 2. The van der Waals surface area contributed by atoms with Crippen LogP contribution >= 0.6 is 23.2 Å². The second-order valence-electron chi connectivity index (χ2n) is 7.98. The second-order valence-corrected chi connectivity index (χ2v) is 8.80. The van der Waals surface area contributed by atoms with E-state index in [1.165, 1.54) is 16.8 Å². The van der Waals surface area contributed by atoms with Crippen molar-refractivity contribution in [2.75, 3.05) is 59.9 Å². The molecule has 0 atom stereocenters. The number of amides is 1. The van der Waals surface area contributed by atoms with Gasteiger partial charge in [-0.15, -0.1) is 0 Å². The summed E-state index contributed by atoms with van der Waals surface area (Å²) in [5, 5.41) is 7.42. The van der Waals surface area contributed by atoms with Gasteiger partial charge >= 0.3 is 0 Å². The highest BCUT2D eigenvalue weighted by Gasteiger charge is 2.32. The molecule has 1 saturated heterocycles. The summed E-state index contributed by atoms with van der Waals surface area (Å²) >= 11 is 12.7. The Hall–Kier alpha value is -3.07. The number of carbonyl (C=O) groups excluding carboxylic acids is 1. The van der Waals surface area contributed by atoms with Gasteiger partial charge in [-0.2, -0.15) is 4.98 Å². The SMILES string of the molecule is CN1CN(c2c(Cl)cccc2Cl)C(=O)c2cnc(Nc3ccc(N4CCNCC4)cc3)nc21. The van der Waals surface area contributed by atoms with Gasteiger partial charge in [0.1, 0.15) is 11.4 Å². The molecule has 8 nitrogen and oxygen atoms in total. The van der Waals surface area contributed by atoms with Crippen molar-refractivity contribution in [1.82, 2.24) is 15.3 Å². The number of para-hydroxylation sites is 1. The summed E-state index contributed by atoms with van der Waals surface area (Å²) in [7, 11) is 1.86. The number of rotatable bonds is 4. The van der Waals surface area contributed by atoms with Gasteiger partial charge in [-0.05, 0) is 36.4 Å². The van der Waals surface area contributed by atoms with Crippen LogP contribution < -0.4 is 25.3 Å². The molecule has 5 rings (SSSR count). The van der Waals surface area contributed by atoms with Crippen LogP contribution in [0.4, 0.5) is 28.8 Å². The lowest BCUT2D eigenvalue weighted by atomic mass is 10.2. The summed E-state index contributed by atoms with van der Waals surface area (Å²) in [5.74, 6) is 0.729. The van der Waals surface area contributed by atoms with Crippen molar-refractivity contribution in [3.63, 3.8) is 0 Å². The molecule has 0 aliphatic carbocycles. The zero-order valence-electron chi connectivity index (χ0n) is 18.1. The van der Waals surface area contributed by atoms with Gasteiger partial charge in [0.25, 0.3) is 5.91 Å². The van der Waals surface area contributed by atoms with Gasteiger partial charge in [-0.3, -0.25) is 9.69 Å². The Bertz CT molecular complexity index is 1160. The fraction of sp³-hybridized carbons (Fsp3) is 0.261. The zero-order chi connectivity index (χ0) is 22.9. The van der Waals surface area contributed by atoms with Crippen molar-refractivity contribution in [2.24, 2.45) is 0 Å². The van der Waals surface area contributed by atoms with Gasteiger partial charge in [0.05, 0.1) is 22.4 Å². The molecular formula is C23H23Cl2N7O. The Morgan fingerprint density at radius 2 is 1.73 bits per heavy atom. The number of carbonyl (C=O) groups is 1. The molecule has 0 saturated carbocycles. The van der Waals surface area contributed by atoms with E-state index in [0.717, 1.165) is 31.9 Å². The average molecular weight is 484 g/mol. The van der Waals surface area contributed by atoms with Crippen LogP contribution in [0.3, 0.4) is 0 Å². The standard InChI is InChI=1S/C23H23Cl2N7O/c1-30-14-32(20-18(24)3-2-4-19(20)25)22(33)17-13-27-23(29-21(17)30)28-15-5-7-16(8-6-15)31-11-9-26-10-12-31/h2-8,13,26H,9-12,14H2,1H3,(H,27,28,29). The number of piperazine rings is 1. The molecule has 1 amide bonds. The summed E-state index contributed by atoms with van der Waals surface area (Å²) in [4.78, 5) is 27.9. The van der Waals surface area contributed by atoms with E-state index in [9.17, 15) is 4.79 Å². The number of hydrogen-bond acceptors (Lipinski definition) is 7.